The first kappa shape index (κ1) is 20.2. The molecule has 1 aromatic carbocycles. The third-order valence-electron chi connectivity index (χ3n) is 6.00. The van der Waals surface area contributed by atoms with Crippen LogP contribution in [0.15, 0.2) is 29.2 Å². The Morgan fingerprint density at radius 3 is 2.19 bits per heavy atom. The number of primary amides is 1. The number of carbonyl (C=O) groups excluding carboxylic acids is 2. The molecule has 1 unspecified atom stereocenters. The molecule has 2 amide bonds. The van der Waals surface area contributed by atoms with Crippen LogP contribution in [0.3, 0.4) is 0 Å². The summed E-state index contributed by atoms with van der Waals surface area (Å²) < 4.78 is 0. The summed E-state index contributed by atoms with van der Waals surface area (Å²) in [4.78, 5) is 30.5. The SMILES string of the molecule is Cc1ccc(SC(C)C(=O)N2CCC(C(N)=O)(N3CCCCC3)CC2)cc1. The maximum absolute atomic E-state index is 12.9. The highest BCUT2D eigenvalue weighted by molar-refractivity contribution is 8.00. The van der Waals surface area contributed by atoms with E-state index in [1.807, 2.05) is 11.8 Å². The smallest absolute Gasteiger partial charge is 0.238 e. The standard InChI is InChI=1S/C21H31N3O2S/c1-16-6-8-18(9-7-16)27-17(2)19(25)23-14-10-21(11-15-23,20(22)26)24-12-4-3-5-13-24/h6-9,17H,3-5,10-15H2,1-2H3,(H2,22,26). The van der Waals surface area contributed by atoms with Crippen LogP contribution in [0.5, 0.6) is 0 Å². The fourth-order valence-electron chi connectivity index (χ4n) is 4.27. The van der Waals surface area contributed by atoms with E-state index in [0.29, 0.717) is 25.9 Å². The molecule has 2 aliphatic heterocycles. The van der Waals surface area contributed by atoms with E-state index in [0.717, 1.165) is 30.8 Å². The van der Waals surface area contributed by atoms with Crippen molar-refractivity contribution in [3.63, 3.8) is 0 Å². The quantitative estimate of drug-likeness (QED) is 0.787. The van der Waals surface area contributed by atoms with Gasteiger partial charge in [-0.05, 0) is 64.8 Å². The Labute approximate surface area is 166 Å². The van der Waals surface area contributed by atoms with Gasteiger partial charge in [0.05, 0.1) is 5.25 Å². The Morgan fingerprint density at radius 2 is 1.63 bits per heavy atom. The van der Waals surface area contributed by atoms with Crippen LogP contribution in [-0.4, -0.2) is 58.6 Å². The molecule has 2 N–H and O–H groups in total. The number of aryl methyl sites for hydroxylation is 1. The van der Waals surface area contributed by atoms with Crippen molar-refractivity contribution in [3.8, 4) is 0 Å². The first-order valence-electron chi connectivity index (χ1n) is 9.99. The molecule has 2 saturated heterocycles. The van der Waals surface area contributed by atoms with Gasteiger partial charge in [0.25, 0.3) is 0 Å². The zero-order valence-electron chi connectivity index (χ0n) is 16.4. The molecule has 2 aliphatic rings. The van der Waals surface area contributed by atoms with Crippen LogP contribution >= 0.6 is 11.8 Å². The second-order valence-electron chi connectivity index (χ2n) is 7.84. The van der Waals surface area contributed by atoms with E-state index in [1.165, 1.54) is 12.0 Å². The number of amides is 2. The van der Waals surface area contributed by atoms with Crippen molar-refractivity contribution in [2.75, 3.05) is 26.2 Å². The van der Waals surface area contributed by atoms with Gasteiger partial charge in [0, 0.05) is 18.0 Å². The van der Waals surface area contributed by atoms with Crippen molar-refractivity contribution in [2.24, 2.45) is 5.73 Å². The van der Waals surface area contributed by atoms with Gasteiger partial charge in [0.15, 0.2) is 0 Å². The number of piperidine rings is 2. The van der Waals surface area contributed by atoms with Crippen molar-refractivity contribution in [1.82, 2.24) is 9.80 Å². The van der Waals surface area contributed by atoms with Crippen molar-refractivity contribution < 1.29 is 9.59 Å². The average Bonchev–Trinajstić information content (AvgIpc) is 2.69. The number of hydrogen-bond acceptors (Lipinski definition) is 4. The minimum atomic E-state index is -0.565. The Kier molecular flexibility index (Phi) is 6.48. The third-order valence-corrected chi connectivity index (χ3v) is 7.10. The number of rotatable bonds is 5. The molecule has 148 valence electrons. The predicted molar refractivity (Wildman–Crippen MR) is 110 cm³/mol. The summed E-state index contributed by atoms with van der Waals surface area (Å²) in [6.45, 7) is 7.12. The molecular formula is C21H31N3O2S. The highest BCUT2D eigenvalue weighted by Gasteiger charge is 2.46. The van der Waals surface area contributed by atoms with Gasteiger partial charge in [-0.25, -0.2) is 0 Å². The first-order chi connectivity index (χ1) is 12.9. The first-order valence-corrected chi connectivity index (χ1v) is 10.9. The van der Waals surface area contributed by atoms with Crippen LogP contribution in [0, 0.1) is 6.92 Å². The van der Waals surface area contributed by atoms with E-state index >= 15 is 0 Å². The molecule has 1 atom stereocenters. The number of benzene rings is 1. The minimum absolute atomic E-state index is 0.135. The zero-order valence-corrected chi connectivity index (χ0v) is 17.3. The summed E-state index contributed by atoms with van der Waals surface area (Å²) in [5, 5.41) is -0.135. The number of thioether (sulfide) groups is 1. The van der Waals surface area contributed by atoms with Crippen molar-refractivity contribution in [1.29, 1.82) is 0 Å². The average molecular weight is 390 g/mol. The van der Waals surface area contributed by atoms with E-state index in [4.69, 9.17) is 5.73 Å². The molecule has 0 aromatic heterocycles. The van der Waals surface area contributed by atoms with Gasteiger partial charge in [-0.3, -0.25) is 14.5 Å². The molecule has 27 heavy (non-hydrogen) atoms. The molecular weight excluding hydrogens is 358 g/mol. The molecule has 0 spiro atoms. The van der Waals surface area contributed by atoms with Crippen molar-refractivity contribution in [2.45, 2.75) is 61.6 Å². The van der Waals surface area contributed by atoms with Crippen LogP contribution in [0.1, 0.15) is 44.6 Å². The van der Waals surface area contributed by atoms with Gasteiger partial charge >= 0.3 is 0 Å². The summed E-state index contributed by atoms with van der Waals surface area (Å²) in [6.07, 6.45) is 4.78. The number of carbonyl (C=O) groups is 2. The minimum Gasteiger partial charge on any atom is -0.368 e. The van der Waals surface area contributed by atoms with E-state index in [-0.39, 0.29) is 17.1 Å². The monoisotopic (exact) mass is 389 g/mol. The predicted octanol–water partition coefficient (Wildman–Crippen LogP) is 2.81. The molecule has 0 saturated carbocycles. The summed E-state index contributed by atoms with van der Waals surface area (Å²) >= 11 is 1.60. The lowest BCUT2D eigenvalue weighted by molar-refractivity contribution is -0.141. The van der Waals surface area contributed by atoms with Gasteiger partial charge in [-0.1, -0.05) is 24.1 Å². The van der Waals surface area contributed by atoms with E-state index in [9.17, 15) is 9.59 Å². The highest BCUT2D eigenvalue weighted by atomic mass is 32.2. The summed E-state index contributed by atoms with van der Waals surface area (Å²) in [6, 6.07) is 8.27. The number of nitrogens with two attached hydrogens (primary N) is 1. The normalized spacial score (nSPS) is 21.6. The van der Waals surface area contributed by atoms with Crippen molar-refractivity contribution in [3.05, 3.63) is 29.8 Å². The molecule has 5 nitrogen and oxygen atoms in total. The fraction of sp³-hybridized carbons (Fsp3) is 0.619. The molecule has 0 bridgehead atoms. The van der Waals surface area contributed by atoms with Gasteiger partial charge in [-0.15, -0.1) is 11.8 Å². The Balaban J connectivity index is 1.60. The maximum atomic E-state index is 12.9. The number of nitrogens with zero attached hydrogens (tertiary/aromatic N) is 2. The van der Waals surface area contributed by atoms with Gasteiger partial charge in [0.1, 0.15) is 5.54 Å². The molecule has 3 rings (SSSR count). The van der Waals surface area contributed by atoms with Crippen LogP contribution in [0.4, 0.5) is 0 Å². The maximum Gasteiger partial charge on any atom is 0.238 e. The van der Waals surface area contributed by atoms with Gasteiger partial charge in [0.2, 0.25) is 11.8 Å². The summed E-state index contributed by atoms with van der Waals surface area (Å²) in [5.41, 5.74) is 6.49. The van der Waals surface area contributed by atoms with Gasteiger partial charge < -0.3 is 10.6 Å². The van der Waals surface area contributed by atoms with E-state index in [1.54, 1.807) is 11.8 Å². The Hall–Kier alpha value is -1.53. The molecule has 2 fully saturated rings. The van der Waals surface area contributed by atoms with Crippen LogP contribution in [0.25, 0.3) is 0 Å². The topological polar surface area (TPSA) is 66.6 Å². The van der Waals surface area contributed by atoms with E-state index < -0.39 is 5.54 Å². The molecule has 2 heterocycles. The lowest BCUT2D eigenvalue weighted by atomic mass is 9.83. The Bertz CT molecular complexity index is 663. The fourth-order valence-corrected chi connectivity index (χ4v) is 5.22. The summed E-state index contributed by atoms with van der Waals surface area (Å²) in [5.74, 6) is -0.0733. The Morgan fingerprint density at radius 1 is 1.04 bits per heavy atom. The van der Waals surface area contributed by atoms with E-state index in [2.05, 4.69) is 36.1 Å². The number of hydrogen-bond donors (Lipinski definition) is 1. The second-order valence-corrected chi connectivity index (χ2v) is 9.26. The van der Waals surface area contributed by atoms with Crippen molar-refractivity contribution >= 4 is 23.6 Å². The second kappa shape index (κ2) is 8.65. The molecule has 6 heteroatoms. The molecule has 1 aromatic rings. The van der Waals surface area contributed by atoms with Crippen LogP contribution in [-0.2, 0) is 9.59 Å². The zero-order chi connectivity index (χ0) is 19.4. The highest BCUT2D eigenvalue weighted by Crippen LogP contribution is 2.33. The summed E-state index contributed by atoms with van der Waals surface area (Å²) in [7, 11) is 0. The van der Waals surface area contributed by atoms with Gasteiger partial charge in [-0.2, -0.15) is 0 Å². The van der Waals surface area contributed by atoms with Crippen LogP contribution in [0.2, 0.25) is 0 Å². The lowest BCUT2D eigenvalue weighted by Gasteiger charge is -2.48. The molecule has 0 aliphatic carbocycles. The lowest BCUT2D eigenvalue weighted by Crippen LogP contribution is -2.64. The van der Waals surface area contributed by atoms with Crippen LogP contribution < -0.4 is 5.73 Å². The number of likely N-dealkylation sites (tertiary alicyclic amines) is 2. The third kappa shape index (κ3) is 4.49. The largest absolute Gasteiger partial charge is 0.368 e. The molecule has 0 radical (unpaired) electrons.